The molecule has 6 nitrogen and oxygen atoms in total. The maximum absolute atomic E-state index is 12.4. The van der Waals surface area contributed by atoms with E-state index in [9.17, 15) is 9.90 Å². The summed E-state index contributed by atoms with van der Waals surface area (Å²) < 4.78 is 11.1. The van der Waals surface area contributed by atoms with Crippen LogP contribution >= 0.6 is 11.3 Å². The summed E-state index contributed by atoms with van der Waals surface area (Å²) >= 11 is 1.51. The third kappa shape index (κ3) is 5.52. The molecule has 0 saturated carbocycles. The van der Waals surface area contributed by atoms with E-state index >= 15 is 0 Å². The van der Waals surface area contributed by atoms with Crippen LogP contribution in [0.3, 0.4) is 0 Å². The normalized spacial score (nSPS) is 19.6. The van der Waals surface area contributed by atoms with E-state index in [0.717, 1.165) is 33.5 Å². The number of benzene rings is 1. The molecule has 164 valence electrons. The van der Waals surface area contributed by atoms with Gasteiger partial charge in [0.15, 0.2) is 0 Å². The number of aromatic nitrogens is 1. The number of aliphatic hydroxyl groups is 1. The number of nitrogens with zero attached hydrogens (tertiary/aromatic N) is 2. The summed E-state index contributed by atoms with van der Waals surface area (Å²) in [5.41, 5.74) is -0.102. The Morgan fingerprint density at radius 3 is 2.60 bits per heavy atom. The van der Waals surface area contributed by atoms with Gasteiger partial charge in [-0.05, 0) is 49.9 Å². The SMILES string of the molecule is COc1ccc(OCc2sc([C@]3(O)CCCN(C(=O)CC(C)C)CC3)nc2C)cc1. The Bertz CT molecular complexity index is 849. The number of likely N-dealkylation sites (tertiary alicyclic amines) is 1. The van der Waals surface area contributed by atoms with Crippen molar-refractivity contribution in [3.05, 3.63) is 39.8 Å². The summed E-state index contributed by atoms with van der Waals surface area (Å²) in [6.07, 6.45) is 2.46. The summed E-state index contributed by atoms with van der Waals surface area (Å²) in [4.78, 5) is 20.0. The van der Waals surface area contributed by atoms with Crippen LogP contribution in [0.15, 0.2) is 24.3 Å². The van der Waals surface area contributed by atoms with Crippen molar-refractivity contribution in [2.75, 3.05) is 20.2 Å². The number of hydrogen-bond donors (Lipinski definition) is 1. The standard InChI is InChI=1S/C23H32N2O4S/c1-16(2)14-21(26)25-12-5-10-23(27,11-13-25)22-24-17(3)20(30-22)15-29-19-8-6-18(28-4)7-9-19/h6-9,16,27H,5,10-15H2,1-4H3/t23-/m0/s1. The largest absolute Gasteiger partial charge is 0.497 e. The summed E-state index contributed by atoms with van der Waals surface area (Å²) in [6, 6.07) is 7.47. The van der Waals surface area contributed by atoms with E-state index in [1.807, 2.05) is 36.1 Å². The van der Waals surface area contributed by atoms with Gasteiger partial charge in [-0.15, -0.1) is 11.3 Å². The van der Waals surface area contributed by atoms with Crippen molar-refractivity contribution in [1.82, 2.24) is 9.88 Å². The van der Waals surface area contributed by atoms with Crippen LogP contribution in [0.1, 0.15) is 55.1 Å². The lowest BCUT2D eigenvalue weighted by atomic mass is 9.96. The Kier molecular flexibility index (Phi) is 7.36. The monoisotopic (exact) mass is 432 g/mol. The average molecular weight is 433 g/mol. The molecule has 0 unspecified atom stereocenters. The maximum atomic E-state index is 12.4. The molecule has 2 heterocycles. The van der Waals surface area contributed by atoms with Crippen molar-refractivity contribution in [3.8, 4) is 11.5 Å². The van der Waals surface area contributed by atoms with Crippen LogP contribution in [-0.4, -0.2) is 41.1 Å². The number of carbonyl (C=O) groups excluding carboxylic acids is 1. The van der Waals surface area contributed by atoms with Gasteiger partial charge < -0.3 is 19.5 Å². The van der Waals surface area contributed by atoms with E-state index in [4.69, 9.17) is 9.47 Å². The molecule has 30 heavy (non-hydrogen) atoms. The molecule has 0 radical (unpaired) electrons. The zero-order valence-electron chi connectivity index (χ0n) is 18.3. The highest BCUT2D eigenvalue weighted by Crippen LogP contribution is 2.37. The molecule has 0 aliphatic carbocycles. The first-order valence-corrected chi connectivity index (χ1v) is 11.4. The van der Waals surface area contributed by atoms with Crippen molar-refractivity contribution in [2.45, 2.75) is 58.7 Å². The molecule has 1 atom stereocenters. The lowest BCUT2D eigenvalue weighted by Gasteiger charge is -2.25. The van der Waals surface area contributed by atoms with E-state index in [0.29, 0.717) is 44.9 Å². The zero-order chi connectivity index (χ0) is 21.7. The molecule has 1 fully saturated rings. The van der Waals surface area contributed by atoms with Gasteiger partial charge in [0, 0.05) is 25.9 Å². The Balaban J connectivity index is 1.64. The molecule has 1 aromatic carbocycles. The van der Waals surface area contributed by atoms with E-state index < -0.39 is 5.60 Å². The third-order valence-electron chi connectivity index (χ3n) is 5.47. The average Bonchev–Trinajstić information content (AvgIpc) is 2.97. The summed E-state index contributed by atoms with van der Waals surface area (Å²) in [7, 11) is 1.63. The van der Waals surface area contributed by atoms with E-state index in [-0.39, 0.29) is 5.91 Å². The van der Waals surface area contributed by atoms with Gasteiger partial charge in [-0.25, -0.2) is 4.98 Å². The van der Waals surface area contributed by atoms with Crippen LogP contribution in [0.4, 0.5) is 0 Å². The minimum Gasteiger partial charge on any atom is -0.497 e. The lowest BCUT2D eigenvalue weighted by Crippen LogP contribution is -2.34. The minimum atomic E-state index is -0.985. The number of ether oxygens (including phenoxy) is 2. The smallest absolute Gasteiger partial charge is 0.222 e. The lowest BCUT2D eigenvalue weighted by molar-refractivity contribution is -0.132. The first kappa shape index (κ1) is 22.6. The first-order valence-electron chi connectivity index (χ1n) is 10.5. The number of carbonyl (C=O) groups is 1. The summed E-state index contributed by atoms with van der Waals surface area (Å²) in [5.74, 6) is 2.07. The number of methoxy groups -OCH3 is 1. The minimum absolute atomic E-state index is 0.179. The molecule has 7 heteroatoms. The van der Waals surface area contributed by atoms with Crippen molar-refractivity contribution < 1.29 is 19.4 Å². The third-order valence-corrected chi connectivity index (χ3v) is 6.79. The number of amides is 1. The molecule has 2 aromatic rings. The zero-order valence-corrected chi connectivity index (χ0v) is 19.1. The van der Waals surface area contributed by atoms with Gasteiger partial charge in [-0.3, -0.25) is 4.79 Å². The van der Waals surface area contributed by atoms with Crippen molar-refractivity contribution in [1.29, 1.82) is 0 Å². The molecule has 1 amide bonds. The van der Waals surface area contributed by atoms with E-state index in [2.05, 4.69) is 18.8 Å². The number of rotatable bonds is 7. The van der Waals surface area contributed by atoms with Crippen molar-refractivity contribution in [2.24, 2.45) is 5.92 Å². The molecule has 0 spiro atoms. The summed E-state index contributed by atoms with van der Waals surface area (Å²) in [6.45, 7) is 7.74. The second-order valence-corrected chi connectivity index (χ2v) is 9.44. The second-order valence-electron chi connectivity index (χ2n) is 8.36. The van der Waals surface area contributed by atoms with Gasteiger partial charge in [-0.2, -0.15) is 0 Å². The van der Waals surface area contributed by atoms with E-state index in [1.165, 1.54) is 11.3 Å². The first-order chi connectivity index (χ1) is 14.3. The quantitative estimate of drug-likeness (QED) is 0.707. The van der Waals surface area contributed by atoms with Crippen LogP contribution in [0.25, 0.3) is 0 Å². The highest BCUT2D eigenvalue weighted by molar-refractivity contribution is 7.11. The molecule has 1 aromatic heterocycles. The molecule has 0 bridgehead atoms. The van der Waals surface area contributed by atoms with Gasteiger partial charge in [0.25, 0.3) is 0 Å². The van der Waals surface area contributed by atoms with Crippen LogP contribution < -0.4 is 9.47 Å². The number of thiazole rings is 1. The number of hydrogen-bond acceptors (Lipinski definition) is 6. The van der Waals surface area contributed by atoms with Gasteiger partial charge in [-0.1, -0.05) is 13.8 Å². The topological polar surface area (TPSA) is 71.9 Å². The Morgan fingerprint density at radius 1 is 1.23 bits per heavy atom. The predicted molar refractivity (Wildman–Crippen MR) is 118 cm³/mol. The van der Waals surface area contributed by atoms with Crippen LogP contribution in [-0.2, 0) is 17.0 Å². The Hall–Kier alpha value is -2.12. The second kappa shape index (κ2) is 9.79. The van der Waals surface area contributed by atoms with Gasteiger partial charge >= 0.3 is 0 Å². The van der Waals surface area contributed by atoms with Gasteiger partial charge in [0.2, 0.25) is 5.91 Å². The Morgan fingerprint density at radius 2 is 1.93 bits per heavy atom. The predicted octanol–water partition coefficient (Wildman–Crippen LogP) is 4.29. The fraction of sp³-hybridized carbons (Fsp3) is 0.565. The van der Waals surface area contributed by atoms with Crippen molar-refractivity contribution >= 4 is 17.2 Å². The van der Waals surface area contributed by atoms with E-state index in [1.54, 1.807) is 7.11 Å². The molecule has 1 saturated heterocycles. The Labute approximate surface area is 182 Å². The summed E-state index contributed by atoms with van der Waals surface area (Å²) in [5, 5.41) is 12.1. The fourth-order valence-corrected chi connectivity index (χ4v) is 4.76. The highest BCUT2D eigenvalue weighted by Gasteiger charge is 2.36. The van der Waals surface area contributed by atoms with Gasteiger partial charge in [0.1, 0.15) is 28.7 Å². The van der Waals surface area contributed by atoms with Gasteiger partial charge in [0.05, 0.1) is 17.7 Å². The molecule has 1 aliphatic rings. The van der Waals surface area contributed by atoms with Crippen molar-refractivity contribution in [3.63, 3.8) is 0 Å². The molecule has 1 aliphatic heterocycles. The number of aryl methyl sites for hydroxylation is 1. The van der Waals surface area contributed by atoms with Crippen LogP contribution in [0.2, 0.25) is 0 Å². The van der Waals surface area contributed by atoms with Crippen LogP contribution in [0.5, 0.6) is 11.5 Å². The molecular formula is C23H32N2O4S. The molecular weight excluding hydrogens is 400 g/mol. The maximum Gasteiger partial charge on any atom is 0.222 e. The fourth-order valence-electron chi connectivity index (χ4n) is 3.64. The highest BCUT2D eigenvalue weighted by atomic mass is 32.1. The molecule has 3 rings (SSSR count). The van der Waals surface area contributed by atoms with Crippen LogP contribution in [0, 0.1) is 12.8 Å². The molecule has 1 N–H and O–H groups in total.